The van der Waals surface area contributed by atoms with E-state index >= 15 is 0 Å². The first-order chi connectivity index (χ1) is 19.9. The number of nitrogens with one attached hydrogen (secondary N) is 2. The summed E-state index contributed by atoms with van der Waals surface area (Å²) in [6, 6.07) is 19.1. The number of likely N-dealkylation sites (N-methyl/N-ethyl adjacent to an activating group) is 1. The molecule has 0 atom stereocenters. The van der Waals surface area contributed by atoms with Crippen molar-refractivity contribution in [2.24, 2.45) is 0 Å². The molecule has 2 N–H and O–H groups in total. The Labute approximate surface area is 239 Å². The van der Waals surface area contributed by atoms with Crippen molar-refractivity contribution in [3.8, 4) is 27.6 Å². The van der Waals surface area contributed by atoms with Gasteiger partial charge in [0.1, 0.15) is 24.0 Å². The second-order valence-corrected chi connectivity index (χ2v) is 10.1. The largest absolute Gasteiger partial charge is 0.492 e. The molecule has 8 nitrogen and oxygen atoms in total. The molecule has 0 saturated heterocycles. The van der Waals surface area contributed by atoms with Gasteiger partial charge in [0.05, 0.1) is 27.3 Å². The van der Waals surface area contributed by atoms with Crippen LogP contribution >= 0.6 is 11.3 Å². The van der Waals surface area contributed by atoms with Crippen LogP contribution < -0.4 is 15.4 Å². The normalized spacial score (nSPS) is 11.0. The van der Waals surface area contributed by atoms with E-state index in [-0.39, 0.29) is 5.56 Å². The lowest BCUT2D eigenvalue weighted by Gasteiger charge is -2.12. The van der Waals surface area contributed by atoms with Gasteiger partial charge < -0.3 is 20.3 Å². The molecule has 0 aliphatic rings. The number of hydrogen-bond donors (Lipinski definition) is 2. The fraction of sp³-hybridized carbons (Fsp3) is 0.133. The molecule has 0 aliphatic carbocycles. The first-order valence-electron chi connectivity index (χ1n) is 12.6. The van der Waals surface area contributed by atoms with Crippen molar-refractivity contribution in [2.45, 2.75) is 0 Å². The SMILES string of the molecule is CN(C)CCOc1cccc(Nc2nccc(-c3scnc3-c3cccc(NC(=O)c4cc(F)ccc4F)c3)n2)c1. The summed E-state index contributed by atoms with van der Waals surface area (Å²) in [5.74, 6) is -1.11. The van der Waals surface area contributed by atoms with Crippen LogP contribution in [0, 0.1) is 11.6 Å². The Bertz CT molecular complexity index is 1680. The van der Waals surface area contributed by atoms with E-state index in [2.05, 4.69) is 25.5 Å². The lowest BCUT2D eigenvalue weighted by molar-refractivity contribution is 0.102. The second kappa shape index (κ2) is 12.6. The van der Waals surface area contributed by atoms with Crippen molar-refractivity contribution in [3.05, 3.63) is 102 Å². The van der Waals surface area contributed by atoms with Crippen molar-refractivity contribution in [1.29, 1.82) is 0 Å². The van der Waals surface area contributed by atoms with Gasteiger partial charge in [-0.1, -0.05) is 18.2 Å². The van der Waals surface area contributed by atoms with Crippen LogP contribution in [0.15, 0.2) is 84.5 Å². The van der Waals surface area contributed by atoms with Crippen LogP contribution in [0.5, 0.6) is 5.75 Å². The van der Waals surface area contributed by atoms with Crippen LogP contribution in [-0.2, 0) is 0 Å². The van der Waals surface area contributed by atoms with Crippen molar-refractivity contribution >= 4 is 34.6 Å². The van der Waals surface area contributed by atoms with Gasteiger partial charge in [-0.05, 0) is 62.6 Å². The highest BCUT2D eigenvalue weighted by atomic mass is 32.1. The fourth-order valence-corrected chi connectivity index (χ4v) is 4.71. The number of ether oxygens (including phenoxy) is 1. The van der Waals surface area contributed by atoms with Gasteiger partial charge in [0.15, 0.2) is 0 Å². The zero-order chi connectivity index (χ0) is 28.8. The minimum atomic E-state index is -0.807. The predicted molar refractivity (Wildman–Crippen MR) is 157 cm³/mol. The standard InChI is InChI=1S/C30H26F2N6O2S/c1-38(2)13-14-40-23-8-4-7-22(17-23)36-30-33-12-11-26(37-30)28-27(34-18-41-28)19-5-3-6-21(15-19)35-29(39)24-16-20(31)9-10-25(24)32/h3-12,15-18H,13-14H2,1-2H3,(H,35,39)(H,33,36,37). The third kappa shape index (κ3) is 7.07. The summed E-state index contributed by atoms with van der Waals surface area (Å²) < 4.78 is 33.5. The van der Waals surface area contributed by atoms with E-state index < -0.39 is 17.5 Å². The maximum Gasteiger partial charge on any atom is 0.258 e. The lowest BCUT2D eigenvalue weighted by Crippen LogP contribution is -2.19. The average molecular weight is 573 g/mol. The molecule has 0 aliphatic heterocycles. The number of benzene rings is 3. The number of hydrogen-bond acceptors (Lipinski definition) is 8. The molecule has 5 rings (SSSR count). The molecule has 0 unspecified atom stereocenters. The first kappa shape index (κ1) is 27.8. The number of aromatic nitrogens is 3. The average Bonchev–Trinajstić information content (AvgIpc) is 3.45. The second-order valence-electron chi connectivity index (χ2n) is 9.26. The summed E-state index contributed by atoms with van der Waals surface area (Å²) in [7, 11) is 3.98. The first-order valence-corrected chi connectivity index (χ1v) is 13.5. The van der Waals surface area contributed by atoms with Crippen LogP contribution in [0.4, 0.5) is 26.1 Å². The highest BCUT2D eigenvalue weighted by molar-refractivity contribution is 7.13. The lowest BCUT2D eigenvalue weighted by atomic mass is 10.1. The Hall–Kier alpha value is -4.74. The Morgan fingerprint density at radius 3 is 2.66 bits per heavy atom. The molecule has 1 amide bonds. The van der Waals surface area contributed by atoms with Crippen molar-refractivity contribution < 1.29 is 18.3 Å². The molecular weight excluding hydrogens is 546 g/mol. The Balaban J connectivity index is 1.34. The van der Waals surface area contributed by atoms with E-state index in [1.54, 1.807) is 36.0 Å². The Morgan fingerprint density at radius 1 is 0.976 bits per heavy atom. The summed E-state index contributed by atoms with van der Waals surface area (Å²) in [5.41, 5.74) is 4.56. The van der Waals surface area contributed by atoms with E-state index in [0.29, 0.717) is 29.6 Å². The summed E-state index contributed by atoms with van der Waals surface area (Å²) in [4.78, 5) is 29.0. The highest BCUT2D eigenvalue weighted by Crippen LogP contribution is 2.35. The van der Waals surface area contributed by atoms with E-state index in [0.717, 1.165) is 46.6 Å². The zero-order valence-corrected chi connectivity index (χ0v) is 23.1. The van der Waals surface area contributed by atoms with E-state index in [4.69, 9.17) is 9.72 Å². The number of anilines is 3. The number of carbonyl (C=O) groups is 1. The van der Waals surface area contributed by atoms with Crippen molar-refractivity contribution in [1.82, 2.24) is 19.9 Å². The van der Waals surface area contributed by atoms with Crippen LogP contribution in [0.3, 0.4) is 0 Å². The van der Waals surface area contributed by atoms with E-state index in [1.165, 1.54) is 11.3 Å². The summed E-state index contributed by atoms with van der Waals surface area (Å²) in [6.07, 6.45) is 1.66. The van der Waals surface area contributed by atoms with Gasteiger partial charge in [0.2, 0.25) is 5.95 Å². The van der Waals surface area contributed by atoms with Gasteiger partial charge in [0, 0.05) is 35.7 Å². The quantitative estimate of drug-likeness (QED) is 0.198. The topological polar surface area (TPSA) is 92.3 Å². The van der Waals surface area contributed by atoms with Crippen LogP contribution in [0.2, 0.25) is 0 Å². The molecule has 0 saturated carbocycles. The molecule has 0 radical (unpaired) electrons. The Morgan fingerprint density at radius 2 is 1.80 bits per heavy atom. The molecule has 208 valence electrons. The monoisotopic (exact) mass is 572 g/mol. The molecular formula is C30H26F2N6O2S. The number of amides is 1. The third-order valence-corrected chi connectivity index (χ3v) is 6.77. The molecule has 41 heavy (non-hydrogen) atoms. The van der Waals surface area contributed by atoms with Crippen LogP contribution in [0.1, 0.15) is 10.4 Å². The number of carbonyl (C=O) groups excluding carboxylic acids is 1. The molecule has 2 heterocycles. The van der Waals surface area contributed by atoms with Crippen LogP contribution in [0.25, 0.3) is 21.8 Å². The predicted octanol–water partition coefficient (Wildman–Crippen LogP) is 6.48. The number of rotatable bonds is 10. The smallest absolute Gasteiger partial charge is 0.258 e. The number of halogens is 2. The molecule has 3 aromatic carbocycles. The van der Waals surface area contributed by atoms with Crippen LogP contribution in [-0.4, -0.2) is 53.0 Å². The molecule has 5 aromatic rings. The van der Waals surface area contributed by atoms with Gasteiger partial charge >= 0.3 is 0 Å². The molecule has 0 bridgehead atoms. The zero-order valence-electron chi connectivity index (χ0n) is 22.3. The molecule has 2 aromatic heterocycles. The maximum absolute atomic E-state index is 14.1. The van der Waals surface area contributed by atoms with E-state index in [9.17, 15) is 13.6 Å². The molecule has 0 fully saturated rings. The third-order valence-electron chi connectivity index (χ3n) is 5.92. The molecule has 11 heteroatoms. The van der Waals surface area contributed by atoms with Gasteiger partial charge in [-0.15, -0.1) is 11.3 Å². The van der Waals surface area contributed by atoms with Crippen molar-refractivity contribution in [3.63, 3.8) is 0 Å². The van der Waals surface area contributed by atoms with Gasteiger partial charge in [-0.2, -0.15) is 0 Å². The summed E-state index contributed by atoms with van der Waals surface area (Å²) in [6.45, 7) is 1.38. The van der Waals surface area contributed by atoms with Gasteiger partial charge in [0.25, 0.3) is 5.91 Å². The Kier molecular flexibility index (Phi) is 8.56. The summed E-state index contributed by atoms with van der Waals surface area (Å²) in [5, 5.41) is 5.86. The van der Waals surface area contributed by atoms with Crippen molar-refractivity contribution in [2.75, 3.05) is 37.9 Å². The van der Waals surface area contributed by atoms with Gasteiger partial charge in [-0.3, -0.25) is 4.79 Å². The fourth-order valence-electron chi connectivity index (χ4n) is 3.93. The highest BCUT2D eigenvalue weighted by Gasteiger charge is 2.16. The molecule has 0 spiro atoms. The number of thiazole rings is 1. The van der Waals surface area contributed by atoms with E-state index in [1.807, 2.05) is 44.4 Å². The minimum Gasteiger partial charge on any atom is -0.492 e. The number of nitrogens with zero attached hydrogens (tertiary/aromatic N) is 4. The minimum absolute atomic E-state index is 0.378. The van der Waals surface area contributed by atoms with Gasteiger partial charge in [-0.25, -0.2) is 23.7 Å². The maximum atomic E-state index is 14.1. The summed E-state index contributed by atoms with van der Waals surface area (Å²) >= 11 is 1.41.